The van der Waals surface area contributed by atoms with Crippen molar-refractivity contribution in [1.82, 2.24) is 10.3 Å². The van der Waals surface area contributed by atoms with Gasteiger partial charge >= 0.3 is 0 Å². The van der Waals surface area contributed by atoms with Crippen LogP contribution in [-0.4, -0.2) is 18.1 Å². The van der Waals surface area contributed by atoms with Crippen molar-refractivity contribution in [1.29, 1.82) is 0 Å². The smallest absolute Gasteiger partial charge is 0.126 e. The summed E-state index contributed by atoms with van der Waals surface area (Å²) >= 11 is 0. The SMILES string of the molecule is c1cc2c(nc1NCC1CC1)CCNC2. The fourth-order valence-electron chi connectivity index (χ4n) is 2.01. The topological polar surface area (TPSA) is 37.0 Å². The molecule has 0 radical (unpaired) electrons. The Kier molecular flexibility index (Phi) is 2.33. The van der Waals surface area contributed by atoms with Gasteiger partial charge in [-0.05, 0) is 30.4 Å². The molecule has 80 valence electrons. The third-order valence-corrected chi connectivity index (χ3v) is 3.19. The Balaban J connectivity index is 1.71. The van der Waals surface area contributed by atoms with E-state index in [0.29, 0.717) is 0 Å². The number of hydrogen-bond donors (Lipinski definition) is 2. The molecule has 1 fully saturated rings. The minimum absolute atomic E-state index is 0.907. The molecule has 0 bridgehead atoms. The molecule has 0 amide bonds. The predicted octanol–water partition coefficient (Wildman–Crippen LogP) is 1.55. The largest absolute Gasteiger partial charge is 0.370 e. The van der Waals surface area contributed by atoms with Gasteiger partial charge in [-0.2, -0.15) is 0 Å². The van der Waals surface area contributed by atoms with Crippen LogP contribution in [0.4, 0.5) is 5.82 Å². The molecule has 0 aromatic carbocycles. The van der Waals surface area contributed by atoms with Crippen molar-refractivity contribution in [2.75, 3.05) is 18.4 Å². The molecule has 0 spiro atoms. The number of pyridine rings is 1. The van der Waals surface area contributed by atoms with Crippen molar-refractivity contribution in [2.45, 2.75) is 25.8 Å². The molecule has 0 saturated heterocycles. The summed E-state index contributed by atoms with van der Waals surface area (Å²) in [6.45, 7) is 3.14. The quantitative estimate of drug-likeness (QED) is 0.782. The number of nitrogens with zero attached hydrogens (tertiary/aromatic N) is 1. The summed E-state index contributed by atoms with van der Waals surface area (Å²) in [7, 11) is 0. The lowest BCUT2D eigenvalue weighted by Gasteiger charge is -2.17. The zero-order chi connectivity index (χ0) is 10.1. The van der Waals surface area contributed by atoms with E-state index in [1.807, 2.05) is 0 Å². The van der Waals surface area contributed by atoms with Gasteiger partial charge < -0.3 is 10.6 Å². The van der Waals surface area contributed by atoms with Crippen molar-refractivity contribution in [3.05, 3.63) is 23.4 Å². The predicted molar refractivity (Wildman–Crippen MR) is 60.9 cm³/mol. The first kappa shape index (κ1) is 9.16. The van der Waals surface area contributed by atoms with Crippen LogP contribution in [0.1, 0.15) is 24.1 Å². The van der Waals surface area contributed by atoms with Gasteiger partial charge in [0.2, 0.25) is 0 Å². The molecule has 3 heteroatoms. The lowest BCUT2D eigenvalue weighted by molar-refractivity contribution is 0.630. The van der Waals surface area contributed by atoms with E-state index in [0.717, 1.165) is 37.8 Å². The van der Waals surface area contributed by atoms with Crippen LogP contribution in [0.15, 0.2) is 12.1 Å². The molecule has 3 nitrogen and oxygen atoms in total. The fourth-order valence-corrected chi connectivity index (χ4v) is 2.01. The highest BCUT2D eigenvalue weighted by Crippen LogP contribution is 2.28. The van der Waals surface area contributed by atoms with Gasteiger partial charge in [0.05, 0.1) is 0 Å². The van der Waals surface area contributed by atoms with Crippen LogP contribution in [0.5, 0.6) is 0 Å². The Hall–Kier alpha value is -1.09. The molecule has 1 saturated carbocycles. The summed E-state index contributed by atoms with van der Waals surface area (Å²) in [5.74, 6) is 1.96. The minimum Gasteiger partial charge on any atom is -0.370 e. The van der Waals surface area contributed by atoms with Crippen LogP contribution < -0.4 is 10.6 Å². The van der Waals surface area contributed by atoms with Crippen LogP contribution in [0.25, 0.3) is 0 Å². The van der Waals surface area contributed by atoms with E-state index >= 15 is 0 Å². The molecular weight excluding hydrogens is 186 g/mol. The van der Waals surface area contributed by atoms with Gasteiger partial charge in [0.15, 0.2) is 0 Å². The molecule has 1 aliphatic carbocycles. The van der Waals surface area contributed by atoms with Gasteiger partial charge in [0.1, 0.15) is 5.82 Å². The molecule has 1 aromatic rings. The third-order valence-electron chi connectivity index (χ3n) is 3.19. The van der Waals surface area contributed by atoms with Crippen LogP contribution in [0.3, 0.4) is 0 Å². The van der Waals surface area contributed by atoms with E-state index in [1.54, 1.807) is 0 Å². The van der Waals surface area contributed by atoms with E-state index in [9.17, 15) is 0 Å². The number of aromatic nitrogens is 1. The molecule has 2 N–H and O–H groups in total. The van der Waals surface area contributed by atoms with Gasteiger partial charge in [-0.3, -0.25) is 0 Å². The number of fused-ring (bicyclic) bond motifs is 1. The first-order valence-corrected chi connectivity index (χ1v) is 5.85. The number of nitrogens with one attached hydrogen (secondary N) is 2. The maximum atomic E-state index is 4.66. The minimum atomic E-state index is 0.907. The first-order valence-electron chi connectivity index (χ1n) is 5.85. The molecule has 2 heterocycles. The summed E-state index contributed by atoms with van der Waals surface area (Å²) in [4.78, 5) is 4.66. The van der Waals surface area contributed by atoms with Crippen LogP contribution in [-0.2, 0) is 13.0 Å². The average molecular weight is 203 g/mol. The van der Waals surface area contributed by atoms with Gasteiger partial charge in [-0.15, -0.1) is 0 Å². The van der Waals surface area contributed by atoms with Crippen molar-refractivity contribution < 1.29 is 0 Å². The van der Waals surface area contributed by atoms with Crippen molar-refractivity contribution in [3.63, 3.8) is 0 Å². The van der Waals surface area contributed by atoms with Gasteiger partial charge in [-0.1, -0.05) is 6.07 Å². The Morgan fingerprint density at radius 1 is 1.40 bits per heavy atom. The monoisotopic (exact) mass is 203 g/mol. The average Bonchev–Trinajstić information content (AvgIpc) is 3.10. The third kappa shape index (κ3) is 2.12. The van der Waals surface area contributed by atoms with Crippen LogP contribution in [0.2, 0.25) is 0 Å². The lowest BCUT2D eigenvalue weighted by atomic mass is 10.1. The fraction of sp³-hybridized carbons (Fsp3) is 0.583. The summed E-state index contributed by atoms with van der Waals surface area (Å²) in [6.07, 6.45) is 3.85. The molecule has 0 unspecified atom stereocenters. The van der Waals surface area contributed by atoms with Crippen molar-refractivity contribution in [3.8, 4) is 0 Å². The number of rotatable bonds is 3. The molecule has 0 atom stereocenters. The van der Waals surface area contributed by atoms with Crippen LogP contribution in [0, 0.1) is 5.92 Å². The summed E-state index contributed by atoms with van der Waals surface area (Å²) in [5.41, 5.74) is 2.63. The second-order valence-electron chi connectivity index (χ2n) is 4.55. The second kappa shape index (κ2) is 3.81. The summed E-state index contributed by atoms with van der Waals surface area (Å²) in [6, 6.07) is 4.30. The standard InChI is InChI=1S/C12H17N3/c1-2-9(1)7-14-12-4-3-10-8-13-6-5-11(10)15-12/h3-4,9,13H,1-2,5-8H2,(H,14,15). The highest BCUT2D eigenvalue weighted by Gasteiger charge is 2.20. The maximum absolute atomic E-state index is 4.66. The maximum Gasteiger partial charge on any atom is 0.126 e. The Labute approximate surface area is 90.3 Å². The summed E-state index contributed by atoms with van der Waals surface area (Å²) < 4.78 is 0. The Bertz CT molecular complexity index is 358. The lowest BCUT2D eigenvalue weighted by Crippen LogP contribution is -2.24. The molecule has 1 aromatic heterocycles. The van der Waals surface area contributed by atoms with E-state index in [4.69, 9.17) is 0 Å². The zero-order valence-electron chi connectivity index (χ0n) is 8.92. The normalized spacial score (nSPS) is 19.7. The van der Waals surface area contributed by atoms with Crippen molar-refractivity contribution in [2.24, 2.45) is 5.92 Å². The Morgan fingerprint density at radius 3 is 3.20 bits per heavy atom. The molecule has 3 rings (SSSR count). The van der Waals surface area contributed by atoms with E-state index in [2.05, 4.69) is 27.8 Å². The zero-order valence-corrected chi connectivity index (χ0v) is 8.92. The molecular formula is C12H17N3. The van der Waals surface area contributed by atoms with Crippen molar-refractivity contribution >= 4 is 5.82 Å². The van der Waals surface area contributed by atoms with E-state index in [-0.39, 0.29) is 0 Å². The van der Waals surface area contributed by atoms with E-state index < -0.39 is 0 Å². The van der Waals surface area contributed by atoms with Crippen LogP contribution >= 0.6 is 0 Å². The van der Waals surface area contributed by atoms with Gasteiger partial charge in [-0.25, -0.2) is 4.98 Å². The molecule has 1 aliphatic heterocycles. The number of anilines is 1. The highest BCUT2D eigenvalue weighted by molar-refractivity contribution is 5.39. The van der Waals surface area contributed by atoms with Gasteiger partial charge in [0.25, 0.3) is 0 Å². The molecule has 2 aliphatic rings. The molecule has 15 heavy (non-hydrogen) atoms. The Morgan fingerprint density at radius 2 is 2.33 bits per heavy atom. The van der Waals surface area contributed by atoms with Gasteiger partial charge in [0, 0.05) is 31.7 Å². The first-order chi connectivity index (χ1) is 7.42. The summed E-state index contributed by atoms with van der Waals surface area (Å²) in [5, 5.41) is 6.79. The highest BCUT2D eigenvalue weighted by atomic mass is 15.0. The van der Waals surface area contributed by atoms with E-state index in [1.165, 1.54) is 24.1 Å². The second-order valence-corrected chi connectivity index (χ2v) is 4.55. The number of hydrogen-bond acceptors (Lipinski definition) is 3.